The molecule has 2 aliphatic heterocycles. The van der Waals surface area contributed by atoms with Crippen LogP contribution < -0.4 is 10.6 Å². The number of fused-ring (bicyclic) bond motifs is 1. The van der Waals surface area contributed by atoms with Crippen LogP contribution in [0.4, 0.5) is 19.0 Å². The minimum absolute atomic E-state index is 0.0143. The zero-order chi connectivity index (χ0) is 25.4. The molecule has 4 atom stereocenters. The molecule has 0 saturated carbocycles. The van der Waals surface area contributed by atoms with Crippen LogP contribution in [0.2, 0.25) is 0 Å². The fourth-order valence-corrected chi connectivity index (χ4v) is 3.72. The van der Waals surface area contributed by atoms with E-state index in [4.69, 9.17) is 19.3 Å². The van der Waals surface area contributed by atoms with Crippen molar-refractivity contribution in [1.82, 2.24) is 25.3 Å². The van der Waals surface area contributed by atoms with Gasteiger partial charge in [-0.05, 0) is 13.8 Å². The molecule has 0 unspecified atom stereocenters. The van der Waals surface area contributed by atoms with Gasteiger partial charge in [-0.1, -0.05) is 0 Å². The zero-order valence-electron chi connectivity index (χ0n) is 18.4. The average molecular weight is 498 g/mol. The fourth-order valence-electron chi connectivity index (χ4n) is 3.72. The summed E-state index contributed by atoms with van der Waals surface area (Å²) in [5, 5.41) is 14.4. The average Bonchev–Trinajstić information content (AvgIpc) is 3.13. The second-order valence-electron chi connectivity index (χ2n) is 8.29. The van der Waals surface area contributed by atoms with Crippen LogP contribution in [0, 0.1) is 0 Å². The number of anilines is 1. The summed E-state index contributed by atoms with van der Waals surface area (Å²) in [6, 6.07) is -0.613. The summed E-state index contributed by atoms with van der Waals surface area (Å²) in [5.74, 6) is -3.22. The summed E-state index contributed by atoms with van der Waals surface area (Å²) in [6.07, 6.45) is -2.80. The number of nitrogens with one attached hydrogen (secondary N) is 2. The number of halogens is 3. The minimum atomic E-state index is -4.65. The number of ether oxygens (including phenoxy) is 3. The molecule has 2 aromatic rings. The molecule has 0 aromatic carbocycles. The van der Waals surface area contributed by atoms with Crippen LogP contribution in [0.15, 0.2) is 24.8 Å². The number of alkyl halides is 3. The van der Waals surface area contributed by atoms with E-state index >= 15 is 0 Å². The number of aromatic nitrogens is 4. The van der Waals surface area contributed by atoms with Crippen molar-refractivity contribution in [3.63, 3.8) is 0 Å². The van der Waals surface area contributed by atoms with Gasteiger partial charge < -0.3 is 30.0 Å². The number of amides is 1. The number of rotatable bonds is 6. The third-order valence-corrected chi connectivity index (χ3v) is 5.24. The molecule has 2 aromatic heterocycles. The van der Waals surface area contributed by atoms with Crippen molar-refractivity contribution in [3.05, 3.63) is 41.9 Å². The largest absolute Gasteiger partial charge is 0.478 e. The Hall–Kier alpha value is -3.43. The van der Waals surface area contributed by atoms with Gasteiger partial charge in [0.05, 0.1) is 30.6 Å². The van der Waals surface area contributed by atoms with Crippen molar-refractivity contribution in [1.29, 1.82) is 0 Å². The topological polar surface area (TPSA) is 158 Å². The van der Waals surface area contributed by atoms with Crippen LogP contribution in [0.3, 0.4) is 0 Å². The Balaban J connectivity index is 1.42. The van der Waals surface area contributed by atoms with Crippen LogP contribution in [-0.2, 0) is 20.4 Å². The Morgan fingerprint density at radius 3 is 2.49 bits per heavy atom. The Morgan fingerprint density at radius 2 is 1.83 bits per heavy atom. The van der Waals surface area contributed by atoms with E-state index in [1.54, 1.807) is 13.8 Å². The van der Waals surface area contributed by atoms with Crippen molar-refractivity contribution in [2.75, 3.05) is 18.5 Å². The smallest absolute Gasteiger partial charge is 0.434 e. The van der Waals surface area contributed by atoms with E-state index in [0.717, 1.165) is 18.6 Å². The predicted molar refractivity (Wildman–Crippen MR) is 109 cm³/mol. The first-order valence-electron chi connectivity index (χ1n) is 10.4. The fraction of sp³-hybridized carbons (Fsp3) is 0.500. The van der Waals surface area contributed by atoms with Crippen LogP contribution in [0.25, 0.3) is 0 Å². The number of nitrogens with zero attached hydrogens (tertiary/aromatic N) is 4. The van der Waals surface area contributed by atoms with E-state index in [2.05, 4.69) is 30.6 Å². The summed E-state index contributed by atoms with van der Waals surface area (Å²) in [4.78, 5) is 37.9. The second kappa shape index (κ2) is 9.31. The molecule has 3 N–H and O–H groups in total. The van der Waals surface area contributed by atoms with Crippen molar-refractivity contribution in [2.24, 2.45) is 0 Å². The van der Waals surface area contributed by atoms with Gasteiger partial charge in [-0.2, -0.15) is 13.2 Å². The molecule has 0 bridgehead atoms. The normalized spacial score (nSPS) is 25.5. The number of carbonyl (C=O) groups excluding carboxylic acids is 1. The van der Waals surface area contributed by atoms with Gasteiger partial charge >= 0.3 is 12.1 Å². The standard InChI is InChI=1S/C20H21F3N6O6/c1-19(2)34-14-10(28-13-7-24-6-12(29-13)20(21,22)23)8-33-11(15(14)35-19)5-27-17(30)16-25-3-9(4-26-16)18(31)32/h3-4,6-7,10-11,14-15H,5,8H2,1-2H3,(H,27,30)(H,28,29)(H,31,32)/t10-,11+,14+,15-/m0/s1. The highest BCUT2D eigenvalue weighted by Gasteiger charge is 2.52. The lowest BCUT2D eigenvalue weighted by Crippen LogP contribution is -2.57. The second-order valence-corrected chi connectivity index (χ2v) is 8.29. The number of carboxylic acid groups (broad SMARTS) is 1. The number of aromatic carboxylic acids is 1. The maximum absolute atomic E-state index is 13.0. The summed E-state index contributed by atoms with van der Waals surface area (Å²) in [7, 11) is 0. The molecule has 35 heavy (non-hydrogen) atoms. The molecule has 0 aliphatic carbocycles. The highest BCUT2D eigenvalue weighted by atomic mass is 19.4. The summed E-state index contributed by atoms with van der Waals surface area (Å²) >= 11 is 0. The third-order valence-electron chi connectivity index (χ3n) is 5.24. The highest BCUT2D eigenvalue weighted by Crippen LogP contribution is 2.36. The molecule has 0 radical (unpaired) electrons. The third kappa shape index (κ3) is 5.63. The molecular weight excluding hydrogens is 477 g/mol. The zero-order valence-corrected chi connectivity index (χ0v) is 18.4. The predicted octanol–water partition coefficient (Wildman–Crippen LogP) is 1.11. The first kappa shape index (κ1) is 24.7. The number of hydrogen-bond donors (Lipinski definition) is 3. The van der Waals surface area contributed by atoms with Gasteiger partial charge in [0, 0.05) is 18.9 Å². The molecular formula is C20H21F3N6O6. The van der Waals surface area contributed by atoms with E-state index in [0.29, 0.717) is 6.20 Å². The van der Waals surface area contributed by atoms with Crippen molar-refractivity contribution < 1.29 is 42.1 Å². The van der Waals surface area contributed by atoms with Gasteiger partial charge in [0.1, 0.15) is 24.1 Å². The van der Waals surface area contributed by atoms with Gasteiger partial charge in [-0.25, -0.2) is 19.7 Å². The van der Waals surface area contributed by atoms with Gasteiger partial charge in [-0.3, -0.25) is 9.78 Å². The minimum Gasteiger partial charge on any atom is -0.478 e. The number of carbonyl (C=O) groups is 2. The first-order valence-corrected chi connectivity index (χ1v) is 10.4. The molecule has 4 rings (SSSR count). The molecule has 12 nitrogen and oxygen atoms in total. The van der Waals surface area contributed by atoms with Gasteiger partial charge in [0.2, 0.25) is 5.82 Å². The van der Waals surface area contributed by atoms with E-state index in [1.165, 1.54) is 0 Å². The monoisotopic (exact) mass is 498 g/mol. The number of carboxylic acids is 1. The lowest BCUT2D eigenvalue weighted by atomic mass is 9.98. The van der Waals surface area contributed by atoms with Crippen LogP contribution in [0.1, 0.15) is 40.5 Å². The van der Waals surface area contributed by atoms with Gasteiger partial charge in [0.15, 0.2) is 11.5 Å². The maximum atomic E-state index is 13.0. The molecule has 1 amide bonds. The van der Waals surface area contributed by atoms with Crippen LogP contribution in [0.5, 0.6) is 0 Å². The van der Waals surface area contributed by atoms with Gasteiger partial charge in [-0.15, -0.1) is 0 Å². The van der Waals surface area contributed by atoms with Crippen LogP contribution in [-0.4, -0.2) is 80.2 Å². The molecule has 15 heteroatoms. The van der Waals surface area contributed by atoms with Crippen molar-refractivity contribution >= 4 is 17.7 Å². The molecule has 0 spiro atoms. The maximum Gasteiger partial charge on any atom is 0.434 e. The quantitative estimate of drug-likeness (QED) is 0.524. The summed E-state index contributed by atoms with van der Waals surface area (Å²) < 4.78 is 56.7. The molecule has 2 saturated heterocycles. The first-order chi connectivity index (χ1) is 16.4. The van der Waals surface area contributed by atoms with E-state index in [9.17, 15) is 22.8 Å². The summed E-state index contributed by atoms with van der Waals surface area (Å²) in [6.45, 7) is 3.36. The lowest BCUT2D eigenvalue weighted by Gasteiger charge is -2.37. The lowest BCUT2D eigenvalue weighted by molar-refractivity contribution is -0.153. The molecule has 2 fully saturated rings. The Kier molecular flexibility index (Phi) is 6.57. The van der Waals surface area contributed by atoms with Crippen molar-refractivity contribution in [3.8, 4) is 0 Å². The summed E-state index contributed by atoms with van der Waals surface area (Å²) in [5.41, 5.74) is -1.30. The Labute approximate surface area is 196 Å². The Morgan fingerprint density at radius 1 is 1.14 bits per heavy atom. The number of hydrogen-bond acceptors (Lipinski definition) is 10. The SMILES string of the molecule is CC1(C)O[C@@H]2[C@H](O1)[C@@H](Nc1cncc(C(F)(F)F)n1)CO[C@@H]2CNC(=O)c1ncc(C(=O)O)cn1. The van der Waals surface area contributed by atoms with Crippen LogP contribution >= 0.6 is 0 Å². The van der Waals surface area contributed by atoms with Gasteiger partial charge in [0.25, 0.3) is 5.91 Å². The molecule has 4 heterocycles. The van der Waals surface area contributed by atoms with E-state index in [-0.39, 0.29) is 30.4 Å². The highest BCUT2D eigenvalue weighted by molar-refractivity contribution is 5.91. The Bertz CT molecular complexity index is 1100. The van der Waals surface area contributed by atoms with E-state index in [1.807, 2.05) is 0 Å². The van der Waals surface area contributed by atoms with E-state index < -0.39 is 53.9 Å². The van der Waals surface area contributed by atoms with Crippen molar-refractivity contribution in [2.45, 2.75) is 50.2 Å². The molecule has 2 aliphatic rings. The molecule has 188 valence electrons.